The number of thioether (sulfide) groups is 1. The topological polar surface area (TPSA) is 88.4 Å². The van der Waals surface area contributed by atoms with E-state index in [9.17, 15) is 4.79 Å². The Morgan fingerprint density at radius 2 is 1.72 bits per heavy atom. The highest BCUT2D eigenvalue weighted by atomic mass is 32.2. The van der Waals surface area contributed by atoms with Crippen LogP contribution in [0, 0.1) is 0 Å². The highest BCUT2D eigenvalue weighted by molar-refractivity contribution is 7.99. The number of anilines is 2. The van der Waals surface area contributed by atoms with Crippen molar-refractivity contribution in [2.45, 2.75) is 43.3 Å². The molecule has 0 unspecified atom stereocenters. The number of nitrogens with zero attached hydrogens (tertiary/aromatic N) is 6. The molecule has 36 heavy (non-hydrogen) atoms. The summed E-state index contributed by atoms with van der Waals surface area (Å²) in [6.45, 7) is 4.11. The third-order valence-corrected chi connectivity index (χ3v) is 7.93. The van der Waals surface area contributed by atoms with Crippen LogP contribution in [-0.2, 0) is 4.79 Å². The minimum Gasteiger partial charge on any atom is -0.494 e. The molecule has 2 aliphatic rings. The number of hydrogen-bond acceptors (Lipinski definition) is 8. The van der Waals surface area contributed by atoms with Gasteiger partial charge in [-0.3, -0.25) is 9.69 Å². The number of methoxy groups -OCH3 is 1. The SMILES string of the molecule is COc1ccccc1-n1nnnc1SCC(=O)Nc1ccccc1N1CCN(C2CCCCC2)CC1. The summed E-state index contributed by atoms with van der Waals surface area (Å²) in [6.07, 6.45) is 6.79. The van der Waals surface area contributed by atoms with Crippen molar-refractivity contribution < 1.29 is 9.53 Å². The third-order valence-electron chi connectivity index (χ3n) is 7.01. The number of carbonyl (C=O) groups is 1. The number of piperazine rings is 1. The number of rotatable bonds is 8. The molecule has 1 aromatic heterocycles. The van der Waals surface area contributed by atoms with E-state index in [-0.39, 0.29) is 11.7 Å². The summed E-state index contributed by atoms with van der Waals surface area (Å²) in [7, 11) is 1.61. The second-order valence-electron chi connectivity index (χ2n) is 9.21. The molecule has 1 saturated heterocycles. The van der Waals surface area contributed by atoms with Crippen LogP contribution in [0.25, 0.3) is 5.69 Å². The van der Waals surface area contributed by atoms with E-state index in [1.165, 1.54) is 43.9 Å². The van der Waals surface area contributed by atoms with Crippen molar-refractivity contribution in [1.29, 1.82) is 0 Å². The lowest BCUT2D eigenvalue weighted by molar-refractivity contribution is -0.113. The first-order chi connectivity index (χ1) is 17.7. The molecule has 2 fully saturated rings. The Kier molecular flexibility index (Phi) is 8.02. The summed E-state index contributed by atoms with van der Waals surface area (Å²) in [5, 5.41) is 15.6. The number of benzene rings is 2. The average molecular weight is 508 g/mol. The zero-order valence-electron chi connectivity index (χ0n) is 20.7. The van der Waals surface area contributed by atoms with Gasteiger partial charge in [0.1, 0.15) is 11.4 Å². The van der Waals surface area contributed by atoms with Gasteiger partial charge in [-0.25, -0.2) is 0 Å². The van der Waals surface area contributed by atoms with Crippen molar-refractivity contribution >= 4 is 29.0 Å². The fourth-order valence-electron chi connectivity index (χ4n) is 5.17. The third kappa shape index (κ3) is 5.65. The van der Waals surface area contributed by atoms with Gasteiger partial charge >= 0.3 is 0 Å². The Hall–Kier alpha value is -3.11. The predicted molar refractivity (Wildman–Crippen MR) is 142 cm³/mol. The zero-order chi connectivity index (χ0) is 24.7. The first kappa shape index (κ1) is 24.6. The molecule has 1 amide bonds. The zero-order valence-corrected chi connectivity index (χ0v) is 21.5. The number of carbonyl (C=O) groups excluding carboxylic acids is 1. The second-order valence-corrected chi connectivity index (χ2v) is 10.2. The molecule has 0 radical (unpaired) electrons. The fraction of sp³-hybridized carbons (Fsp3) is 0.462. The highest BCUT2D eigenvalue weighted by Gasteiger charge is 2.26. The Balaban J connectivity index is 1.19. The van der Waals surface area contributed by atoms with Gasteiger partial charge in [-0.2, -0.15) is 4.68 Å². The first-order valence-corrected chi connectivity index (χ1v) is 13.6. The van der Waals surface area contributed by atoms with Gasteiger partial charge in [0.15, 0.2) is 0 Å². The van der Waals surface area contributed by atoms with Gasteiger partial charge in [0.2, 0.25) is 11.1 Å². The molecule has 1 aliphatic carbocycles. The fourth-order valence-corrected chi connectivity index (χ4v) is 5.85. The van der Waals surface area contributed by atoms with E-state index in [1.54, 1.807) is 11.8 Å². The highest BCUT2D eigenvalue weighted by Crippen LogP contribution is 2.30. The molecule has 10 heteroatoms. The van der Waals surface area contributed by atoms with Gasteiger partial charge in [-0.05, 0) is 47.5 Å². The molecule has 9 nitrogen and oxygen atoms in total. The molecular formula is C26H33N7O2S. The van der Waals surface area contributed by atoms with Gasteiger partial charge < -0.3 is 15.0 Å². The quantitative estimate of drug-likeness (QED) is 0.460. The molecule has 0 spiro atoms. The summed E-state index contributed by atoms with van der Waals surface area (Å²) in [4.78, 5) is 18.0. The number of tetrazole rings is 1. The first-order valence-electron chi connectivity index (χ1n) is 12.7. The minimum atomic E-state index is -0.0946. The van der Waals surface area contributed by atoms with Crippen LogP contribution >= 0.6 is 11.8 Å². The lowest BCUT2D eigenvalue weighted by Crippen LogP contribution is -2.51. The number of ether oxygens (including phenoxy) is 1. The maximum atomic E-state index is 12.9. The van der Waals surface area contributed by atoms with Crippen LogP contribution in [0.4, 0.5) is 11.4 Å². The Labute approximate surface area is 216 Å². The Bertz CT molecular complexity index is 1160. The molecule has 190 valence electrons. The molecule has 0 atom stereocenters. The number of nitrogens with one attached hydrogen (secondary N) is 1. The largest absolute Gasteiger partial charge is 0.494 e. The van der Waals surface area contributed by atoms with E-state index in [0.29, 0.717) is 10.9 Å². The van der Waals surface area contributed by atoms with E-state index in [1.807, 2.05) is 42.5 Å². The van der Waals surface area contributed by atoms with Crippen molar-refractivity contribution in [1.82, 2.24) is 25.1 Å². The molecule has 2 aromatic carbocycles. The summed E-state index contributed by atoms with van der Waals surface area (Å²) in [5.74, 6) is 0.760. The van der Waals surface area contributed by atoms with Gasteiger partial charge in [0.25, 0.3) is 0 Å². The summed E-state index contributed by atoms with van der Waals surface area (Å²) in [5.41, 5.74) is 2.65. The minimum absolute atomic E-state index is 0.0946. The van der Waals surface area contributed by atoms with Gasteiger partial charge in [-0.1, -0.05) is 55.3 Å². The predicted octanol–water partition coefficient (Wildman–Crippen LogP) is 3.86. The van der Waals surface area contributed by atoms with Crippen LogP contribution in [0.2, 0.25) is 0 Å². The number of amides is 1. The van der Waals surface area contributed by atoms with Crippen LogP contribution in [-0.4, -0.2) is 76.1 Å². The van der Waals surface area contributed by atoms with E-state index < -0.39 is 0 Å². The molecule has 5 rings (SSSR count). The molecule has 2 heterocycles. The van der Waals surface area contributed by atoms with E-state index in [2.05, 4.69) is 36.7 Å². The van der Waals surface area contributed by atoms with Gasteiger partial charge in [0.05, 0.1) is 24.2 Å². The maximum Gasteiger partial charge on any atom is 0.234 e. The number of aromatic nitrogens is 4. The summed E-state index contributed by atoms with van der Waals surface area (Å²) >= 11 is 1.29. The molecule has 1 saturated carbocycles. The molecule has 1 aliphatic heterocycles. The van der Waals surface area contributed by atoms with Crippen LogP contribution in [0.1, 0.15) is 32.1 Å². The van der Waals surface area contributed by atoms with Crippen LogP contribution in [0.15, 0.2) is 53.7 Å². The van der Waals surface area contributed by atoms with Crippen molar-refractivity contribution in [3.8, 4) is 11.4 Å². The Morgan fingerprint density at radius 1 is 1.00 bits per heavy atom. The lowest BCUT2D eigenvalue weighted by atomic mass is 9.94. The smallest absolute Gasteiger partial charge is 0.234 e. The van der Waals surface area contributed by atoms with Crippen molar-refractivity contribution in [3.05, 3.63) is 48.5 Å². The van der Waals surface area contributed by atoms with Crippen LogP contribution in [0.3, 0.4) is 0 Å². The molecular weight excluding hydrogens is 474 g/mol. The number of para-hydroxylation sites is 4. The lowest BCUT2D eigenvalue weighted by Gasteiger charge is -2.42. The van der Waals surface area contributed by atoms with E-state index >= 15 is 0 Å². The standard InChI is InChI=1S/C26H33N7O2S/c1-35-24-14-8-7-13-23(24)33-26(28-29-30-33)36-19-25(34)27-21-11-5-6-12-22(21)32-17-15-31(16-18-32)20-9-3-2-4-10-20/h5-8,11-14,20H,2-4,9-10,15-19H2,1H3,(H,27,34). The van der Waals surface area contributed by atoms with E-state index in [0.717, 1.165) is 49.3 Å². The van der Waals surface area contributed by atoms with Gasteiger partial charge in [-0.15, -0.1) is 5.10 Å². The maximum absolute atomic E-state index is 12.9. The van der Waals surface area contributed by atoms with E-state index in [4.69, 9.17) is 4.74 Å². The van der Waals surface area contributed by atoms with Crippen molar-refractivity contribution in [2.75, 3.05) is 49.3 Å². The summed E-state index contributed by atoms with van der Waals surface area (Å²) < 4.78 is 7.02. The monoisotopic (exact) mass is 507 g/mol. The number of hydrogen-bond donors (Lipinski definition) is 1. The second kappa shape index (κ2) is 11.7. The molecule has 1 N–H and O–H groups in total. The average Bonchev–Trinajstić information content (AvgIpc) is 3.41. The Morgan fingerprint density at radius 3 is 2.50 bits per heavy atom. The van der Waals surface area contributed by atoms with Crippen molar-refractivity contribution in [2.24, 2.45) is 0 Å². The molecule has 0 bridgehead atoms. The van der Waals surface area contributed by atoms with Gasteiger partial charge in [0, 0.05) is 32.2 Å². The van der Waals surface area contributed by atoms with Crippen molar-refractivity contribution in [3.63, 3.8) is 0 Å². The summed E-state index contributed by atoms with van der Waals surface area (Å²) in [6, 6.07) is 16.3. The normalized spacial score (nSPS) is 17.2. The van der Waals surface area contributed by atoms with Crippen LogP contribution < -0.4 is 15.0 Å². The van der Waals surface area contributed by atoms with Crippen LogP contribution in [0.5, 0.6) is 5.75 Å². The molecule has 3 aromatic rings.